The fourth-order valence-corrected chi connectivity index (χ4v) is 3.20. The zero-order chi connectivity index (χ0) is 18.1. The number of fused-ring (bicyclic) bond motifs is 1. The number of hydrogen-bond acceptors (Lipinski definition) is 8. The minimum Gasteiger partial charge on any atom is -0.394 e. The molecule has 3 aromatic rings. The van der Waals surface area contributed by atoms with Crippen molar-refractivity contribution in [2.24, 2.45) is 0 Å². The third-order valence-electron chi connectivity index (χ3n) is 4.56. The summed E-state index contributed by atoms with van der Waals surface area (Å²) in [6.45, 7) is 0.581. The van der Waals surface area contributed by atoms with Crippen LogP contribution in [0.4, 0.5) is 5.82 Å². The number of aromatic nitrogens is 6. The smallest absolute Gasteiger partial charge is 0.167 e. The summed E-state index contributed by atoms with van der Waals surface area (Å²) in [5, 5.41) is 19.2. The highest BCUT2D eigenvalue weighted by Gasteiger charge is 2.35. The number of imidazole rings is 2. The average Bonchev–Trinajstić information content (AvgIpc) is 3.34. The van der Waals surface area contributed by atoms with Gasteiger partial charge in [-0.1, -0.05) is 0 Å². The number of nitrogens with zero attached hydrogens (tertiary/aromatic N) is 6. The maximum absolute atomic E-state index is 9.96. The molecule has 0 aromatic carbocycles. The molecule has 0 bridgehead atoms. The summed E-state index contributed by atoms with van der Waals surface area (Å²) in [6, 6.07) is 0. The van der Waals surface area contributed by atoms with Gasteiger partial charge in [-0.25, -0.2) is 19.9 Å². The zero-order valence-electron chi connectivity index (χ0n) is 14.1. The molecule has 4 rings (SSSR count). The molecule has 1 aliphatic heterocycles. The molecule has 3 aromatic heterocycles. The molecule has 0 radical (unpaired) electrons. The molecule has 0 unspecified atom stereocenters. The predicted molar refractivity (Wildman–Crippen MR) is 91.9 cm³/mol. The van der Waals surface area contributed by atoms with Crippen molar-refractivity contribution in [2.45, 2.75) is 44.2 Å². The van der Waals surface area contributed by atoms with E-state index in [0.29, 0.717) is 35.6 Å². The molecular weight excluding hydrogens is 338 g/mol. The van der Waals surface area contributed by atoms with E-state index in [9.17, 15) is 10.2 Å². The molecule has 1 aliphatic rings. The third kappa shape index (κ3) is 3.14. The van der Waals surface area contributed by atoms with Crippen LogP contribution in [0, 0.1) is 0 Å². The van der Waals surface area contributed by atoms with Gasteiger partial charge in [-0.05, 0) is 6.42 Å². The standard InChI is InChI=1S/C16H21N7O3/c17-15-14-16(21-12(20-15)2-1-4-22-5-3-18-8-22)23(9-19-14)13-6-10(25)11(7-24)26-13/h3,5,8-11,13,24-25H,1-2,4,6-7H2,(H2,17,20,21)/t10-,11+,13+/m0/s1. The molecule has 0 saturated carbocycles. The van der Waals surface area contributed by atoms with E-state index in [1.165, 1.54) is 0 Å². The van der Waals surface area contributed by atoms with Crippen molar-refractivity contribution in [1.29, 1.82) is 0 Å². The van der Waals surface area contributed by atoms with Crippen LogP contribution in [0.25, 0.3) is 11.2 Å². The molecule has 10 heteroatoms. The number of aliphatic hydroxyl groups is 2. The highest BCUT2D eigenvalue weighted by Crippen LogP contribution is 2.31. The second-order valence-corrected chi connectivity index (χ2v) is 6.37. The van der Waals surface area contributed by atoms with Crippen molar-refractivity contribution in [3.05, 3.63) is 30.9 Å². The molecule has 10 nitrogen and oxygen atoms in total. The Kier molecular flexibility index (Phi) is 4.53. The van der Waals surface area contributed by atoms with Crippen LogP contribution >= 0.6 is 0 Å². The lowest BCUT2D eigenvalue weighted by atomic mass is 10.2. The summed E-state index contributed by atoms with van der Waals surface area (Å²) >= 11 is 0. The first-order valence-corrected chi connectivity index (χ1v) is 8.54. The van der Waals surface area contributed by atoms with Crippen LogP contribution in [0.2, 0.25) is 0 Å². The van der Waals surface area contributed by atoms with E-state index in [2.05, 4.69) is 19.9 Å². The zero-order valence-corrected chi connectivity index (χ0v) is 14.1. The molecular formula is C16H21N7O3. The fraction of sp³-hybridized carbons (Fsp3) is 0.500. The van der Waals surface area contributed by atoms with Crippen LogP contribution in [0.3, 0.4) is 0 Å². The topological polar surface area (TPSA) is 137 Å². The van der Waals surface area contributed by atoms with Gasteiger partial charge >= 0.3 is 0 Å². The Morgan fingerprint density at radius 3 is 2.92 bits per heavy atom. The number of anilines is 1. The van der Waals surface area contributed by atoms with Crippen molar-refractivity contribution in [1.82, 2.24) is 29.1 Å². The first-order chi connectivity index (χ1) is 12.7. The molecule has 1 fully saturated rings. The van der Waals surface area contributed by atoms with Gasteiger partial charge < -0.3 is 25.3 Å². The fourth-order valence-electron chi connectivity index (χ4n) is 3.20. The minimum atomic E-state index is -0.726. The van der Waals surface area contributed by atoms with Crippen LogP contribution in [0.15, 0.2) is 25.0 Å². The maximum Gasteiger partial charge on any atom is 0.167 e. The summed E-state index contributed by atoms with van der Waals surface area (Å²) in [6.07, 6.45) is 7.11. The van der Waals surface area contributed by atoms with Gasteiger partial charge in [0.15, 0.2) is 11.5 Å². The van der Waals surface area contributed by atoms with Crippen LogP contribution in [-0.2, 0) is 17.7 Å². The number of hydrogen-bond donors (Lipinski definition) is 3. The van der Waals surface area contributed by atoms with Crippen LogP contribution in [-0.4, -0.2) is 58.1 Å². The SMILES string of the molecule is Nc1nc(CCCn2ccnc2)nc2c1ncn2[C@H]1C[C@H](O)[C@@H](CO)O1. The van der Waals surface area contributed by atoms with Crippen molar-refractivity contribution in [3.8, 4) is 0 Å². The summed E-state index contributed by atoms with van der Waals surface area (Å²) in [5.74, 6) is 0.956. The molecule has 0 aliphatic carbocycles. The van der Waals surface area contributed by atoms with E-state index < -0.39 is 18.4 Å². The van der Waals surface area contributed by atoms with Crippen LogP contribution < -0.4 is 5.73 Å². The van der Waals surface area contributed by atoms with E-state index >= 15 is 0 Å². The highest BCUT2D eigenvalue weighted by molar-refractivity contribution is 5.81. The molecule has 3 atom stereocenters. The van der Waals surface area contributed by atoms with Gasteiger partial charge in [-0.3, -0.25) is 4.57 Å². The van der Waals surface area contributed by atoms with E-state index in [1.807, 2.05) is 10.8 Å². The lowest BCUT2D eigenvalue weighted by Gasteiger charge is -2.14. The van der Waals surface area contributed by atoms with Crippen molar-refractivity contribution < 1.29 is 14.9 Å². The number of ether oxygens (including phenoxy) is 1. The van der Waals surface area contributed by atoms with Gasteiger partial charge in [0.1, 0.15) is 23.7 Å². The number of aryl methyl sites for hydroxylation is 2. The molecule has 4 N–H and O–H groups in total. The maximum atomic E-state index is 9.96. The Morgan fingerprint density at radius 2 is 2.19 bits per heavy atom. The molecule has 0 spiro atoms. The normalized spacial score (nSPS) is 23.1. The summed E-state index contributed by atoms with van der Waals surface area (Å²) in [4.78, 5) is 17.2. The number of nitrogen functional groups attached to an aromatic ring is 1. The van der Waals surface area contributed by atoms with Gasteiger partial charge in [-0.2, -0.15) is 0 Å². The molecule has 4 heterocycles. The highest BCUT2D eigenvalue weighted by atomic mass is 16.5. The van der Waals surface area contributed by atoms with E-state index in [0.717, 1.165) is 13.0 Å². The molecule has 0 amide bonds. The molecule has 1 saturated heterocycles. The summed E-state index contributed by atoms with van der Waals surface area (Å²) in [5.41, 5.74) is 7.13. The number of rotatable bonds is 6. The van der Waals surface area contributed by atoms with Gasteiger partial charge in [0.25, 0.3) is 0 Å². The molecule has 138 valence electrons. The molecule has 26 heavy (non-hydrogen) atoms. The van der Waals surface area contributed by atoms with Gasteiger partial charge in [0.05, 0.1) is 25.4 Å². The van der Waals surface area contributed by atoms with Crippen LogP contribution in [0.1, 0.15) is 24.9 Å². The third-order valence-corrected chi connectivity index (χ3v) is 4.56. The minimum absolute atomic E-state index is 0.235. The first kappa shape index (κ1) is 16.9. The Morgan fingerprint density at radius 1 is 1.31 bits per heavy atom. The summed E-state index contributed by atoms with van der Waals surface area (Å²) in [7, 11) is 0. The van der Waals surface area contributed by atoms with Gasteiger partial charge in [0, 0.05) is 31.8 Å². The van der Waals surface area contributed by atoms with E-state index in [4.69, 9.17) is 10.5 Å². The predicted octanol–water partition coefficient (Wildman–Crippen LogP) is -0.122. The van der Waals surface area contributed by atoms with Gasteiger partial charge in [-0.15, -0.1) is 0 Å². The Balaban J connectivity index is 1.55. The summed E-state index contributed by atoms with van der Waals surface area (Å²) < 4.78 is 9.43. The second-order valence-electron chi connectivity index (χ2n) is 6.37. The van der Waals surface area contributed by atoms with Crippen LogP contribution in [0.5, 0.6) is 0 Å². The lowest BCUT2D eigenvalue weighted by Crippen LogP contribution is -2.24. The second kappa shape index (κ2) is 6.98. The van der Waals surface area contributed by atoms with E-state index in [-0.39, 0.29) is 6.61 Å². The van der Waals surface area contributed by atoms with Gasteiger partial charge in [0.2, 0.25) is 0 Å². The number of aliphatic hydroxyl groups excluding tert-OH is 2. The quantitative estimate of drug-likeness (QED) is 0.554. The van der Waals surface area contributed by atoms with E-state index in [1.54, 1.807) is 23.4 Å². The van der Waals surface area contributed by atoms with Crippen molar-refractivity contribution in [2.75, 3.05) is 12.3 Å². The monoisotopic (exact) mass is 359 g/mol. The van der Waals surface area contributed by atoms with Crippen molar-refractivity contribution >= 4 is 17.0 Å². The lowest BCUT2D eigenvalue weighted by molar-refractivity contribution is -0.0432. The first-order valence-electron chi connectivity index (χ1n) is 8.54. The average molecular weight is 359 g/mol. The Hall–Kier alpha value is -2.56. The Labute approximate surface area is 149 Å². The largest absolute Gasteiger partial charge is 0.394 e. The number of nitrogens with two attached hydrogens (primary N) is 1. The Bertz CT molecular complexity index is 879. The van der Waals surface area contributed by atoms with Crippen molar-refractivity contribution in [3.63, 3.8) is 0 Å².